The maximum Gasteiger partial charge on any atom is 0.0763 e. The molecule has 3 nitrogen and oxygen atoms in total. The summed E-state index contributed by atoms with van der Waals surface area (Å²) in [6.07, 6.45) is 2.69. The first-order chi connectivity index (χ1) is 7.28. The monoisotopic (exact) mass is 276 g/mol. The predicted molar refractivity (Wildman–Crippen MR) is 65.4 cm³/mol. The molecule has 2 fully saturated rings. The van der Waals surface area contributed by atoms with Gasteiger partial charge in [-0.2, -0.15) is 0 Å². The molecule has 0 aromatic carbocycles. The molecule has 1 aliphatic heterocycles. The van der Waals surface area contributed by atoms with E-state index in [0.29, 0.717) is 5.33 Å². The summed E-state index contributed by atoms with van der Waals surface area (Å²) in [7, 11) is 0. The third kappa shape index (κ3) is 4.02. The molecule has 4 heteroatoms. The number of aliphatic hydroxyl groups is 1. The van der Waals surface area contributed by atoms with Crippen LogP contribution in [0.25, 0.3) is 0 Å². The molecule has 2 aliphatic rings. The SMILES string of the molecule is OC(CBr)CN1CCN(CC2CC2)CC1. The highest BCUT2D eigenvalue weighted by Crippen LogP contribution is 2.29. The summed E-state index contributed by atoms with van der Waals surface area (Å²) in [5.41, 5.74) is 0. The fraction of sp³-hybridized carbons (Fsp3) is 1.00. The van der Waals surface area contributed by atoms with Crippen LogP contribution >= 0.6 is 15.9 Å². The Morgan fingerprint density at radius 3 is 2.27 bits per heavy atom. The summed E-state index contributed by atoms with van der Waals surface area (Å²) in [4.78, 5) is 4.95. The van der Waals surface area contributed by atoms with E-state index >= 15 is 0 Å². The van der Waals surface area contributed by atoms with E-state index in [1.54, 1.807) is 0 Å². The van der Waals surface area contributed by atoms with E-state index in [-0.39, 0.29) is 6.10 Å². The zero-order valence-electron chi connectivity index (χ0n) is 9.24. The van der Waals surface area contributed by atoms with Gasteiger partial charge < -0.3 is 10.0 Å². The zero-order chi connectivity index (χ0) is 10.7. The number of hydrogen-bond donors (Lipinski definition) is 1. The average Bonchev–Trinajstić information content (AvgIpc) is 3.05. The molecule has 1 N–H and O–H groups in total. The maximum atomic E-state index is 9.53. The van der Waals surface area contributed by atoms with Gasteiger partial charge in [0.25, 0.3) is 0 Å². The molecule has 2 rings (SSSR count). The van der Waals surface area contributed by atoms with E-state index in [9.17, 15) is 5.11 Å². The second-order valence-corrected chi connectivity index (χ2v) is 5.50. The minimum absolute atomic E-state index is 0.208. The van der Waals surface area contributed by atoms with Crippen molar-refractivity contribution >= 4 is 15.9 Å². The first-order valence-electron chi connectivity index (χ1n) is 5.96. The van der Waals surface area contributed by atoms with E-state index < -0.39 is 0 Å². The summed E-state index contributed by atoms with van der Waals surface area (Å²) in [5.74, 6) is 1.00. The molecule has 88 valence electrons. The van der Waals surface area contributed by atoms with Crippen LogP contribution in [-0.2, 0) is 0 Å². The van der Waals surface area contributed by atoms with E-state index in [2.05, 4.69) is 25.7 Å². The molecule has 0 radical (unpaired) electrons. The van der Waals surface area contributed by atoms with Gasteiger partial charge in [0.15, 0.2) is 0 Å². The Kier molecular flexibility index (Phi) is 4.43. The lowest BCUT2D eigenvalue weighted by Gasteiger charge is -2.35. The Balaban J connectivity index is 1.62. The van der Waals surface area contributed by atoms with Crippen molar-refractivity contribution in [3.8, 4) is 0 Å². The number of halogens is 1. The van der Waals surface area contributed by atoms with Gasteiger partial charge in [0.05, 0.1) is 6.10 Å². The molecule has 0 amide bonds. The summed E-state index contributed by atoms with van der Waals surface area (Å²) < 4.78 is 0. The zero-order valence-corrected chi connectivity index (χ0v) is 10.8. The molecule has 1 saturated heterocycles. The number of piperazine rings is 1. The second kappa shape index (κ2) is 5.62. The molecule has 1 saturated carbocycles. The normalized spacial score (nSPS) is 26.8. The molecule has 0 spiro atoms. The van der Waals surface area contributed by atoms with Gasteiger partial charge in [0, 0.05) is 44.6 Å². The van der Waals surface area contributed by atoms with Gasteiger partial charge in [0.1, 0.15) is 0 Å². The topological polar surface area (TPSA) is 26.7 Å². The predicted octanol–water partition coefficient (Wildman–Crippen LogP) is 0.770. The van der Waals surface area contributed by atoms with Gasteiger partial charge in [-0.25, -0.2) is 0 Å². The summed E-state index contributed by atoms with van der Waals surface area (Å²) in [6, 6.07) is 0. The molecule has 1 unspecified atom stereocenters. The van der Waals surface area contributed by atoms with Crippen molar-refractivity contribution in [2.45, 2.75) is 18.9 Å². The lowest BCUT2D eigenvalue weighted by atomic mass is 10.2. The van der Waals surface area contributed by atoms with Crippen LogP contribution in [0.3, 0.4) is 0 Å². The van der Waals surface area contributed by atoms with Gasteiger partial charge >= 0.3 is 0 Å². The Morgan fingerprint density at radius 1 is 1.13 bits per heavy atom. The van der Waals surface area contributed by atoms with Gasteiger partial charge in [-0.3, -0.25) is 4.90 Å². The standard InChI is InChI=1S/C11H21BrN2O/c12-7-11(15)9-14-5-3-13(4-6-14)8-10-1-2-10/h10-11,15H,1-9H2. The molecule has 1 aliphatic carbocycles. The Hall–Kier alpha value is 0.360. The highest BCUT2D eigenvalue weighted by atomic mass is 79.9. The second-order valence-electron chi connectivity index (χ2n) is 4.85. The molecule has 0 aromatic heterocycles. The highest BCUT2D eigenvalue weighted by molar-refractivity contribution is 9.09. The summed E-state index contributed by atoms with van der Waals surface area (Å²) in [6.45, 7) is 6.75. The van der Waals surface area contributed by atoms with Crippen LogP contribution in [-0.4, -0.2) is 65.6 Å². The molecule has 15 heavy (non-hydrogen) atoms. The minimum Gasteiger partial charge on any atom is -0.391 e. The summed E-state index contributed by atoms with van der Waals surface area (Å²) >= 11 is 3.31. The van der Waals surface area contributed by atoms with Crippen molar-refractivity contribution in [2.75, 3.05) is 44.6 Å². The molecule has 0 aromatic rings. The van der Waals surface area contributed by atoms with Crippen molar-refractivity contribution < 1.29 is 5.11 Å². The van der Waals surface area contributed by atoms with Crippen molar-refractivity contribution in [2.24, 2.45) is 5.92 Å². The quantitative estimate of drug-likeness (QED) is 0.752. The molecular weight excluding hydrogens is 256 g/mol. The Bertz CT molecular complexity index is 191. The van der Waals surface area contributed by atoms with Crippen LogP contribution in [0.2, 0.25) is 0 Å². The third-order valence-electron chi connectivity index (χ3n) is 3.33. The van der Waals surface area contributed by atoms with Crippen LogP contribution < -0.4 is 0 Å². The van der Waals surface area contributed by atoms with Crippen molar-refractivity contribution in [1.82, 2.24) is 9.80 Å². The molecule has 1 atom stereocenters. The molecule has 0 bridgehead atoms. The van der Waals surface area contributed by atoms with E-state index in [1.165, 1.54) is 32.5 Å². The van der Waals surface area contributed by atoms with Crippen molar-refractivity contribution in [3.05, 3.63) is 0 Å². The summed E-state index contributed by atoms with van der Waals surface area (Å²) in [5, 5.41) is 10.2. The Morgan fingerprint density at radius 2 is 1.73 bits per heavy atom. The first kappa shape index (κ1) is 11.8. The van der Waals surface area contributed by atoms with Gasteiger partial charge in [0.2, 0.25) is 0 Å². The number of alkyl halides is 1. The van der Waals surface area contributed by atoms with Crippen molar-refractivity contribution in [1.29, 1.82) is 0 Å². The van der Waals surface area contributed by atoms with E-state index in [1.807, 2.05) is 0 Å². The number of nitrogens with zero attached hydrogens (tertiary/aromatic N) is 2. The molecular formula is C11H21BrN2O. The third-order valence-corrected chi connectivity index (χ3v) is 4.07. The van der Waals surface area contributed by atoms with E-state index in [0.717, 1.165) is 25.6 Å². The number of β-amino-alcohol motifs (C(OH)–C–C–N with tert-alkyl or cyclic N) is 1. The van der Waals surface area contributed by atoms with Crippen LogP contribution in [0.5, 0.6) is 0 Å². The van der Waals surface area contributed by atoms with Gasteiger partial charge in [-0.15, -0.1) is 0 Å². The fourth-order valence-electron chi connectivity index (χ4n) is 2.17. The first-order valence-corrected chi connectivity index (χ1v) is 7.09. The number of aliphatic hydroxyl groups excluding tert-OH is 1. The lowest BCUT2D eigenvalue weighted by Crippen LogP contribution is -2.49. The average molecular weight is 277 g/mol. The number of hydrogen-bond acceptors (Lipinski definition) is 3. The van der Waals surface area contributed by atoms with E-state index in [4.69, 9.17) is 0 Å². The smallest absolute Gasteiger partial charge is 0.0763 e. The maximum absolute atomic E-state index is 9.53. The van der Waals surface area contributed by atoms with Crippen LogP contribution in [0, 0.1) is 5.92 Å². The van der Waals surface area contributed by atoms with Gasteiger partial charge in [-0.1, -0.05) is 15.9 Å². The minimum atomic E-state index is -0.208. The number of rotatable bonds is 5. The largest absolute Gasteiger partial charge is 0.391 e. The fourth-order valence-corrected chi connectivity index (χ4v) is 2.37. The van der Waals surface area contributed by atoms with Crippen LogP contribution in [0.15, 0.2) is 0 Å². The Labute approximate surface area is 101 Å². The van der Waals surface area contributed by atoms with Gasteiger partial charge in [-0.05, 0) is 18.8 Å². The van der Waals surface area contributed by atoms with Crippen LogP contribution in [0.4, 0.5) is 0 Å². The van der Waals surface area contributed by atoms with Crippen LogP contribution in [0.1, 0.15) is 12.8 Å². The lowest BCUT2D eigenvalue weighted by molar-refractivity contribution is 0.0813. The highest BCUT2D eigenvalue weighted by Gasteiger charge is 2.26. The van der Waals surface area contributed by atoms with Crippen molar-refractivity contribution in [3.63, 3.8) is 0 Å². The molecule has 1 heterocycles.